The van der Waals surface area contributed by atoms with Gasteiger partial charge in [0.1, 0.15) is 11.1 Å². The minimum atomic E-state index is -0.164. The van der Waals surface area contributed by atoms with Crippen molar-refractivity contribution in [2.45, 2.75) is 18.9 Å². The van der Waals surface area contributed by atoms with Gasteiger partial charge in [0.2, 0.25) is 5.91 Å². The van der Waals surface area contributed by atoms with E-state index in [-0.39, 0.29) is 11.7 Å². The number of rotatable bonds is 6. The highest BCUT2D eigenvalue weighted by molar-refractivity contribution is 8.00. The Morgan fingerprint density at radius 3 is 2.41 bits per heavy atom. The van der Waals surface area contributed by atoms with Gasteiger partial charge in [-0.05, 0) is 49.2 Å². The van der Waals surface area contributed by atoms with Crippen LogP contribution in [0.2, 0.25) is 5.02 Å². The predicted molar refractivity (Wildman–Crippen MR) is 140 cm³/mol. The maximum Gasteiger partial charge on any atom is 0.234 e. The highest BCUT2D eigenvalue weighted by Crippen LogP contribution is 2.37. The van der Waals surface area contributed by atoms with Gasteiger partial charge >= 0.3 is 0 Å². The molecule has 0 atom stereocenters. The Morgan fingerprint density at radius 2 is 1.71 bits per heavy atom. The van der Waals surface area contributed by atoms with Gasteiger partial charge in [-0.1, -0.05) is 78.0 Å². The minimum absolute atomic E-state index is 0.120. The molecule has 1 N–H and O–H groups in total. The Balaban J connectivity index is 1.68. The number of nitriles is 1. The van der Waals surface area contributed by atoms with E-state index in [1.807, 2.05) is 86.6 Å². The van der Waals surface area contributed by atoms with Gasteiger partial charge in [0.05, 0.1) is 17.0 Å². The molecule has 0 bridgehead atoms. The van der Waals surface area contributed by atoms with E-state index in [1.54, 1.807) is 6.07 Å². The molecule has 1 aromatic heterocycles. The van der Waals surface area contributed by atoms with Crippen LogP contribution in [0.1, 0.15) is 16.7 Å². The van der Waals surface area contributed by atoms with Crippen molar-refractivity contribution in [3.05, 3.63) is 101 Å². The summed E-state index contributed by atoms with van der Waals surface area (Å²) >= 11 is 7.72. The van der Waals surface area contributed by atoms with Crippen LogP contribution in [0, 0.1) is 25.2 Å². The molecule has 0 fully saturated rings. The molecule has 0 aliphatic heterocycles. The number of pyridine rings is 1. The highest BCUT2D eigenvalue weighted by Gasteiger charge is 2.18. The number of amides is 1. The molecule has 6 heteroatoms. The van der Waals surface area contributed by atoms with E-state index in [1.165, 1.54) is 17.3 Å². The van der Waals surface area contributed by atoms with Crippen LogP contribution >= 0.6 is 23.4 Å². The second kappa shape index (κ2) is 10.6. The summed E-state index contributed by atoms with van der Waals surface area (Å²) in [6.45, 7) is 4.04. The predicted octanol–water partition coefficient (Wildman–Crippen LogP) is 7.29. The SMILES string of the molecule is Cc1ccc(NC(=O)CSc2nc(-c3ccccc3)cc(-c3ccccc3Cl)c2C#N)cc1C. The Bertz CT molecular complexity index is 1400. The van der Waals surface area contributed by atoms with E-state index >= 15 is 0 Å². The van der Waals surface area contributed by atoms with E-state index in [4.69, 9.17) is 16.6 Å². The molecule has 3 aromatic carbocycles. The van der Waals surface area contributed by atoms with E-state index in [0.29, 0.717) is 26.9 Å². The number of halogens is 1. The van der Waals surface area contributed by atoms with E-state index in [9.17, 15) is 10.1 Å². The fraction of sp³-hybridized carbons (Fsp3) is 0.107. The number of aryl methyl sites for hydroxylation is 2. The molecule has 0 spiro atoms. The number of carbonyl (C=O) groups is 1. The lowest BCUT2D eigenvalue weighted by Gasteiger charge is -2.14. The number of thioether (sulfide) groups is 1. The van der Waals surface area contributed by atoms with Crippen molar-refractivity contribution < 1.29 is 4.79 Å². The van der Waals surface area contributed by atoms with Crippen LogP contribution in [0.3, 0.4) is 0 Å². The number of hydrogen-bond acceptors (Lipinski definition) is 4. The van der Waals surface area contributed by atoms with Gasteiger partial charge in [0.25, 0.3) is 0 Å². The lowest BCUT2D eigenvalue weighted by atomic mass is 9.99. The summed E-state index contributed by atoms with van der Waals surface area (Å²) in [5.41, 5.74) is 6.50. The number of nitrogens with one attached hydrogen (secondary N) is 1. The Kier molecular flexibility index (Phi) is 7.32. The van der Waals surface area contributed by atoms with Crippen molar-refractivity contribution >= 4 is 35.0 Å². The molecule has 168 valence electrons. The molecule has 0 unspecified atom stereocenters. The Morgan fingerprint density at radius 1 is 0.971 bits per heavy atom. The summed E-state index contributed by atoms with van der Waals surface area (Å²) in [5.74, 6) is -0.0437. The van der Waals surface area contributed by atoms with Crippen LogP contribution in [0.25, 0.3) is 22.4 Å². The van der Waals surface area contributed by atoms with E-state index < -0.39 is 0 Å². The normalized spacial score (nSPS) is 10.5. The molecule has 4 nitrogen and oxygen atoms in total. The van der Waals surface area contributed by atoms with Crippen molar-refractivity contribution in [3.8, 4) is 28.5 Å². The van der Waals surface area contributed by atoms with Crippen molar-refractivity contribution in [1.29, 1.82) is 5.26 Å². The first-order valence-electron chi connectivity index (χ1n) is 10.7. The van der Waals surface area contributed by atoms with Gasteiger partial charge in [0, 0.05) is 27.4 Å². The maximum atomic E-state index is 12.7. The molecule has 0 aliphatic rings. The molecule has 4 rings (SSSR count). The van der Waals surface area contributed by atoms with Crippen molar-refractivity contribution in [2.75, 3.05) is 11.1 Å². The van der Waals surface area contributed by atoms with Gasteiger partial charge < -0.3 is 5.32 Å². The van der Waals surface area contributed by atoms with E-state index in [0.717, 1.165) is 22.4 Å². The van der Waals surface area contributed by atoms with Crippen LogP contribution in [0.15, 0.2) is 83.9 Å². The molecule has 0 saturated heterocycles. The number of anilines is 1. The maximum absolute atomic E-state index is 12.7. The van der Waals surface area contributed by atoms with Crippen molar-refractivity contribution in [2.24, 2.45) is 0 Å². The zero-order chi connectivity index (χ0) is 24.1. The second-order valence-electron chi connectivity index (χ2n) is 7.83. The molecular weight excluding hydrogens is 462 g/mol. The largest absolute Gasteiger partial charge is 0.325 e. The average molecular weight is 484 g/mol. The van der Waals surface area contributed by atoms with Gasteiger partial charge in [-0.3, -0.25) is 4.79 Å². The third-order valence-corrected chi connectivity index (χ3v) is 6.77. The smallest absolute Gasteiger partial charge is 0.234 e. The highest BCUT2D eigenvalue weighted by atomic mass is 35.5. The summed E-state index contributed by atoms with van der Waals surface area (Å²) < 4.78 is 0. The summed E-state index contributed by atoms with van der Waals surface area (Å²) in [7, 11) is 0. The summed E-state index contributed by atoms with van der Waals surface area (Å²) in [6, 6.07) is 27.1. The minimum Gasteiger partial charge on any atom is -0.325 e. The zero-order valence-electron chi connectivity index (χ0n) is 18.8. The van der Waals surface area contributed by atoms with Gasteiger partial charge in [-0.15, -0.1) is 0 Å². The quantitative estimate of drug-likeness (QED) is 0.292. The second-order valence-corrected chi connectivity index (χ2v) is 9.20. The monoisotopic (exact) mass is 483 g/mol. The molecule has 34 heavy (non-hydrogen) atoms. The molecule has 1 amide bonds. The van der Waals surface area contributed by atoms with Crippen LogP contribution < -0.4 is 5.32 Å². The summed E-state index contributed by atoms with van der Waals surface area (Å²) in [4.78, 5) is 17.4. The third-order valence-electron chi connectivity index (χ3n) is 5.46. The Hall–Kier alpha value is -3.59. The fourth-order valence-corrected chi connectivity index (χ4v) is 4.57. The number of nitrogens with zero attached hydrogens (tertiary/aromatic N) is 2. The number of carbonyl (C=O) groups excluding carboxylic acids is 1. The van der Waals surface area contributed by atoms with Gasteiger partial charge in [0.15, 0.2) is 0 Å². The average Bonchev–Trinajstić information content (AvgIpc) is 2.85. The van der Waals surface area contributed by atoms with Gasteiger partial charge in [-0.2, -0.15) is 5.26 Å². The zero-order valence-corrected chi connectivity index (χ0v) is 20.4. The first kappa shape index (κ1) is 23.6. The Labute approximate surface area is 208 Å². The molecule has 1 heterocycles. The first-order valence-corrected chi connectivity index (χ1v) is 12.1. The van der Waals surface area contributed by atoms with Crippen molar-refractivity contribution in [3.63, 3.8) is 0 Å². The molecule has 4 aromatic rings. The molecule has 0 radical (unpaired) electrons. The lowest BCUT2D eigenvalue weighted by molar-refractivity contribution is -0.113. The molecular formula is C28H22ClN3OS. The topological polar surface area (TPSA) is 65.8 Å². The summed E-state index contributed by atoms with van der Waals surface area (Å²) in [5, 5.41) is 14.0. The molecule has 0 saturated carbocycles. The van der Waals surface area contributed by atoms with E-state index in [2.05, 4.69) is 11.4 Å². The number of benzene rings is 3. The fourth-order valence-electron chi connectivity index (χ4n) is 3.53. The molecule has 0 aliphatic carbocycles. The van der Waals surface area contributed by atoms with Crippen LogP contribution in [-0.4, -0.2) is 16.6 Å². The summed E-state index contributed by atoms with van der Waals surface area (Å²) in [6.07, 6.45) is 0. The van der Waals surface area contributed by atoms with Crippen LogP contribution in [-0.2, 0) is 4.79 Å². The van der Waals surface area contributed by atoms with Gasteiger partial charge in [-0.25, -0.2) is 4.98 Å². The third kappa shape index (κ3) is 5.31. The number of hydrogen-bond donors (Lipinski definition) is 1. The number of aromatic nitrogens is 1. The standard InChI is InChI=1S/C28H22ClN3OS/c1-18-12-13-21(14-19(18)2)31-27(33)17-34-28-24(16-30)23(22-10-6-7-11-25(22)29)15-26(32-28)20-8-4-3-5-9-20/h3-15H,17H2,1-2H3,(H,31,33). The lowest BCUT2D eigenvalue weighted by Crippen LogP contribution is -2.14. The first-order chi connectivity index (χ1) is 16.5. The van der Waals surface area contributed by atoms with Crippen LogP contribution in [0.5, 0.6) is 0 Å². The van der Waals surface area contributed by atoms with Crippen molar-refractivity contribution in [1.82, 2.24) is 4.98 Å². The van der Waals surface area contributed by atoms with Crippen LogP contribution in [0.4, 0.5) is 5.69 Å².